The Bertz CT molecular complexity index is 1450. The van der Waals surface area contributed by atoms with Crippen LogP contribution in [0.25, 0.3) is 11.0 Å². The van der Waals surface area contributed by atoms with E-state index in [0.29, 0.717) is 0 Å². The van der Waals surface area contributed by atoms with Crippen LogP contribution < -0.4 is 5.69 Å². The second-order valence-electron chi connectivity index (χ2n) is 11.8. The van der Waals surface area contributed by atoms with Gasteiger partial charge in [-0.1, -0.05) is 63.1 Å². The highest BCUT2D eigenvalue weighted by Gasteiger charge is 2.24. The minimum Gasteiger partial charge on any atom is -0.481 e. The number of aromatic amines is 1. The molecule has 1 aliphatic rings. The molecule has 1 fully saturated rings. The summed E-state index contributed by atoms with van der Waals surface area (Å²) in [6.45, 7) is 6.91. The molecule has 1 aliphatic heterocycles. The first-order valence-electron chi connectivity index (χ1n) is 16.0. The van der Waals surface area contributed by atoms with Crippen molar-refractivity contribution in [1.29, 1.82) is 0 Å². The average molecular weight is 606 g/mol. The largest absolute Gasteiger partial charge is 0.481 e. The maximum Gasteiger partial charge on any atom is 0.326 e. The van der Waals surface area contributed by atoms with E-state index >= 15 is 0 Å². The SMILES string of the molecule is CCCC(CCC)C(=O)O.O=c1[nH]c2ccccc2n1C1CCN(CCCC(c2ccc(F)cc2)c2ccc(F)cc2)CC1. The van der Waals surface area contributed by atoms with Crippen LogP contribution in [0.15, 0.2) is 77.6 Å². The van der Waals surface area contributed by atoms with Gasteiger partial charge in [0.15, 0.2) is 0 Å². The number of rotatable bonds is 12. The normalized spacial score (nSPS) is 14.2. The molecule has 6 nitrogen and oxygen atoms in total. The number of carboxylic acids is 1. The number of imidazole rings is 1. The summed E-state index contributed by atoms with van der Waals surface area (Å²) in [6, 6.07) is 21.3. The van der Waals surface area contributed by atoms with Crippen molar-refractivity contribution in [2.45, 2.75) is 77.2 Å². The molecule has 1 saturated heterocycles. The van der Waals surface area contributed by atoms with Crippen LogP contribution in [0.5, 0.6) is 0 Å². The molecule has 2 heterocycles. The van der Waals surface area contributed by atoms with Gasteiger partial charge in [-0.15, -0.1) is 0 Å². The Labute approximate surface area is 258 Å². The fourth-order valence-corrected chi connectivity index (χ4v) is 6.36. The summed E-state index contributed by atoms with van der Waals surface area (Å²) < 4.78 is 28.9. The Kier molecular flexibility index (Phi) is 12.3. The van der Waals surface area contributed by atoms with Crippen molar-refractivity contribution in [3.63, 3.8) is 0 Å². The summed E-state index contributed by atoms with van der Waals surface area (Å²) in [5.74, 6) is -1.14. The van der Waals surface area contributed by atoms with Gasteiger partial charge in [-0.2, -0.15) is 0 Å². The highest BCUT2D eigenvalue weighted by Crippen LogP contribution is 2.31. The van der Waals surface area contributed by atoms with Crippen molar-refractivity contribution in [2.75, 3.05) is 19.6 Å². The van der Waals surface area contributed by atoms with Crippen molar-refractivity contribution >= 4 is 17.0 Å². The second kappa shape index (κ2) is 16.3. The van der Waals surface area contributed by atoms with E-state index in [4.69, 9.17) is 5.11 Å². The molecule has 8 heteroatoms. The molecule has 2 N–H and O–H groups in total. The quantitative estimate of drug-likeness (QED) is 0.171. The minimum absolute atomic E-state index is 0.0268. The highest BCUT2D eigenvalue weighted by atomic mass is 19.1. The van der Waals surface area contributed by atoms with Crippen molar-refractivity contribution in [3.8, 4) is 0 Å². The molecule has 1 aromatic heterocycles. The molecule has 0 aliphatic carbocycles. The van der Waals surface area contributed by atoms with E-state index < -0.39 is 5.97 Å². The van der Waals surface area contributed by atoms with Crippen molar-refractivity contribution in [1.82, 2.24) is 14.5 Å². The fraction of sp³-hybridized carbons (Fsp3) is 0.444. The smallest absolute Gasteiger partial charge is 0.326 e. The molecule has 0 unspecified atom stereocenters. The molecule has 0 bridgehead atoms. The number of piperidine rings is 1. The van der Waals surface area contributed by atoms with Crippen LogP contribution in [0.2, 0.25) is 0 Å². The summed E-state index contributed by atoms with van der Waals surface area (Å²) in [6.07, 6.45) is 7.36. The molecule has 0 saturated carbocycles. The molecule has 0 amide bonds. The molecule has 3 aromatic carbocycles. The first-order valence-corrected chi connectivity index (χ1v) is 16.0. The third-order valence-electron chi connectivity index (χ3n) is 8.68. The summed E-state index contributed by atoms with van der Waals surface area (Å²) in [5.41, 5.74) is 3.94. The van der Waals surface area contributed by atoms with E-state index in [0.717, 1.165) is 93.2 Å². The number of carboxylic acid groups (broad SMARTS) is 1. The molecule has 5 rings (SSSR count). The van der Waals surface area contributed by atoms with Crippen LogP contribution in [-0.2, 0) is 4.79 Å². The molecule has 0 spiro atoms. The zero-order chi connectivity index (χ0) is 31.5. The number of aromatic nitrogens is 2. The van der Waals surface area contributed by atoms with E-state index in [9.17, 15) is 18.4 Å². The Morgan fingerprint density at radius 2 is 1.41 bits per heavy atom. The van der Waals surface area contributed by atoms with Gasteiger partial charge in [0.25, 0.3) is 0 Å². The standard InChI is InChI=1S/C28H29F2N3O.C8H16O2/c29-22-11-7-20(8-12-22)25(21-9-13-23(30)14-10-21)4-3-17-32-18-15-24(16-19-32)33-27-6-2-1-5-26(27)31-28(33)34;1-3-5-7(6-4-2)8(9)10/h1-2,5-14,24-25H,3-4,15-19H2,(H,31,34);7H,3-6H2,1-2H3,(H,9,10). The monoisotopic (exact) mass is 605 g/mol. The van der Waals surface area contributed by atoms with Crippen LogP contribution in [0, 0.1) is 17.6 Å². The molecule has 4 aromatic rings. The van der Waals surface area contributed by atoms with Crippen LogP contribution in [-0.4, -0.2) is 45.2 Å². The van der Waals surface area contributed by atoms with Gasteiger partial charge in [0.2, 0.25) is 0 Å². The maximum absolute atomic E-state index is 13.5. The van der Waals surface area contributed by atoms with Crippen LogP contribution in [0.1, 0.15) is 88.3 Å². The van der Waals surface area contributed by atoms with Gasteiger partial charge in [0, 0.05) is 25.0 Å². The summed E-state index contributed by atoms with van der Waals surface area (Å²) >= 11 is 0. The number of aliphatic carboxylic acids is 1. The molecular weight excluding hydrogens is 560 g/mol. The number of para-hydroxylation sites is 2. The predicted molar refractivity (Wildman–Crippen MR) is 172 cm³/mol. The first kappa shape index (κ1) is 33.1. The number of nitrogens with one attached hydrogen (secondary N) is 1. The number of halogens is 2. The van der Waals surface area contributed by atoms with Crippen molar-refractivity contribution in [2.24, 2.45) is 5.92 Å². The summed E-state index contributed by atoms with van der Waals surface area (Å²) in [4.78, 5) is 28.4. The third-order valence-corrected chi connectivity index (χ3v) is 8.68. The molecule has 236 valence electrons. The van der Waals surface area contributed by atoms with E-state index in [1.807, 2.05) is 66.9 Å². The predicted octanol–water partition coefficient (Wildman–Crippen LogP) is 8.14. The number of carbonyl (C=O) groups is 1. The van der Waals surface area contributed by atoms with Crippen molar-refractivity contribution < 1.29 is 18.7 Å². The molecule has 44 heavy (non-hydrogen) atoms. The number of benzene rings is 3. The van der Waals surface area contributed by atoms with Crippen LogP contribution >= 0.6 is 0 Å². The van der Waals surface area contributed by atoms with E-state index in [2.05, 4.69) is 9.88 Å². The zero-order valence-electron chi connectivity index (χ0n) is 25.9. The van der Waals surface area contributed by atoms with Gasteiger partial charge in [0.05, 0.1) is 17.0 Å². The number of hydrogen-bond acceptors (Lipinski definition) is 3. The van der Waals surface area contributed by atoms with Crippen molar-refractivity contribution in [3.05, 3.63) is 106 Å². The molecular formula is C36H45F2N3O3. The number of hydrogen-bond donors (Lipinski definition) is 2. The van der Waals surface area contributed by atoms with Gasteiger partial charge >= 0.3 is 11.7 Å². The lowest BCUT2D eigenvalue weighted by atomic mass is 9.87. The van der Waals surface area contributed by atoms with Gasteiger partial charge in [-0.25, -0.2) is 13.6 Å². The van der Waals surface area contributed by atoms with E-state index in [1.54, 1.807) is 0 Å². The third kappa shape index (κ3) is 8.88. The van der Waals surface area contributed by atoms with Gasteiger partial charge in [0.1, 0.15) is 11.6 Å². The fourth-order valence-electron chi connectivity index (χ4n) is 6.36. The molecule has 0 radical (unpaired) electrons. The Morgan fingerprint density at radius 1 is 0.864 bits per heavy atom. The Balaban J connectivity index is 0.000000382. The molecule has 0 atom stereocenters. The maximum atomic E-state index is 13.5. The van der Waals surface area contributed by atoms with E-state index in [1.165, 1.54) is 24.3 Å². The lowest BCUT2D eigenvalue weighted by Gasteiger charge is -2.32. The van der Waals surface area contributed by atoms with Crippen LogP contribution in [0.4, 0.5) is 8.78 Å². The summed E-state index contributed by atoms with van der Waals surface area (Å²) in [7, 11) is 0. The van der Waals surface area contributed by atoms with Crippen LogP contribution in [0.3, 0.4) is 0 Å². The lowest BCUT2D eigenvalue weighted by Crippen LogP contribution is -2.37. The van der Waals surface area contributed by atoms with Gasteiger partial charge in [-0.3, -0.25) is 9.36 Å². The number of nitrogens with zero attached hydrogens (tertiary/aromatic N) is 2. The van der Waals surface area contributed by atoms with Gasteiger partial charge < -0.3 is 15.0 Å². The average Bonchev–Trinajstić information content (AvgIpc) is 3.36. The number of likely N-dealkylation sites (tertiary alicyclic amines) is 1. The lowest BCUT2D eigenvalue weighted by molar-refractivity contribution is -0.142. The Hall–Kier alpha value is -3.78. The number of fused-ring (bicyclic) bond motifs is 1. The summed E-state index contributed by atoms with van der Waals surface area (Å²) in [5, 5.41) is 8.64. The topological polar surface area (TPSA) is 78.3 Å². The number of H-pyrrole nitrogens is 1. The van der Waals surface area contributed by atoms with E-state index in [-0.39, 0.29) is 35.2 Å². The Morgan fingerprint density at radius 3 is 1.93 bits per heavy atom. The van der Waals surface area contributed by atoms with Gasteiger partial charge in [-0.05, 0) is 92.6 Å². The minimum atomic E-state index is -0.635. The highest BCUT2D eigenvalue weighted by molar-refractivity contribution is 5.75. The zero-order valence-corrected chi connectivity index (χ0v) is 25.9. The second-order valence-corrected chi connectivity index (χ2v) is 11.8. The first-order chi connectivity index (χ1) is 21.3.